The Labute approximate surface area is 169 Å². The molecule has 142 valence electrons. The summed E-state index contributed by atoms with van der Waals surface area (Å²) in [7, 11) is 0. The van der Waals surface area contributed by atoms with Crippen molar-refractivity contribution < 1.29 is 19.4 Å². The Bertz CT molecular complexity index is 1090. The van der Waals surface area contributed by atoms with Crippen LogP contribution in [0.25, 0.3) is 5.57 Å². The van der Waals surface area contributed by atoms with E-state index in [1.165, 1.54) is 6.08 Å². The Morgan fingerprint density at radius 3 is 2.14 bits per heavy atom. The zero-order valence-electron chi connectivity index (χ0n) is 15.5. The summed E-state index contributed by atoms with van der Waals surface area (Å²) >= 11 is 0. The first-order valence-electron chi connectivity index (χ1n) is 9.17. The van der Waals surface area contributed by atoms with E-state index in [4.69, 9.17) is 9.47 Å². The van der Waals surface area contributed by atoms with Gasteiger partial charge in [-0.1, -0.05) is 54.3 Å². The highest BCUT2D eigenvalue weighted by molar-refractivity contribution is 5.96. The molecule has 4 heteroatoms. The lowest BCUT2D eigenvalue weighted by atomic mass is 10.1. The van der Waals surface area contributed by atoms with Gasteiger partial charge in [-0.2, -0.15) is 0 Å². The molecule has 3 aromatic rings. The fourth-order valence-electron chi connectivity index (χ4n) is 2.89. The van der Waals surface area contributed by atoms with Crippen LogP contribution in [0.15, 0.2) is 84.9 Å². The van der Waals surface area contributed by atoms with Gasteiger partial charge in [-0.25, -0.2) is 4.79 Å². The summed E-state index contributed by atoms with van der Waals surface area (Å²) < 4.78 is 10.5. The fraction of sp³-hybridized carbons (Fsp3) is 0.0800. The van der Waals surface area contributed by atoms with Gasteiger partial charge in [-0.3, -0.25) is 0 Å². The van der Waals surface area contributed by atoms with Crippen LogP contribution in [-0.4, -0.2) is 17.4 Å². The number of rotatable bonds is 4. The maximum atomic E-state index is 11.2. The van der Waals surface area contributed by atoms with Crippen LogP contribution < -0.4 is 4.74 Å². The van der Waals surface area contributed by atoms with Gasteiger partial charge < -0.3 is 14.6 Å². The van der Waals surface area contributed by atoms with Crippen LogP contribution in [0.5, 0.6) is 5.75 Å². The quantitative estimate of drug-likeness (QED) is 0.549. The van der Waals surface area contributed by atoms with Crippen molar-refractivity contribution in [2.75, 3.05) is 0 Å². The molecule has 1 aliphatic rings. The molecule has 4 rings (SSSR count). The lowest BCUT2D eigenvalue weighted by Gasteiger charge is -2.10. The van der Waals surface area contributed by atoms with Crippen molar-refractivity contribution in [1.29, 1.82) is 0 Å². The highest BCUT2D eigenvalue weighted by atomic mass is 16.6. The second-order valence-electron chi connectivity index (χ2n) is 6.51. The Morgan fingerprint density at radius 2 is 1.52 bits per heavy atom. The first-order valence-corrected chi connectivity index (χ1v) is 9.17. The Morgan fingerprint density at radius 1 is 0.862 bits per heavy atom. The van der Waals surface area contributed by atoms with E-state index in [-0.39, 0.29) is 0 Å². The standard InChI is InChI=1S/C25H18O4/c26-24-16-23(25(27)29-24)21-12-14-22(15-13-21)28-17-20-10-8-19(9-11-20)7-6-18-4-2-1-3-5-18/h1-5,8-16,25,27H,17H2. The van der Waals surface area contributed by atoms with E-state index < -0.39 is 12.3 Å². The molecule has 1 unspecified atom stereocenters. The summed E-state index contributed by atoms with van der Waals surface area (Å²) in [6.07, 6.45) is 0.0840. The molecule has 0 amide bonds. The summed E-state index contributed by atoms with van der Waals surface area (Å²) in [6, 6.07) is 25.0. The van der Waals surface area contributed by atoms with Crippen LogP contribution in [0.4, 0.5) is 0 Å². The molecule has 3 aromatic carbocycles. The molecule has 1 aliphatic heterocycles. The fourth-order valence-corrected chi connectivity index (χ4v) is 2.89. The lowest BCUT2D eigenvalue weighted by Crippen LogP contribution is -2.09. The normalized spacial score (nSPS) is 15.1. The third-order valence-electron chi connectivity index (χ3n) is 4.44. The van der Waals surface area contributed by atoms with Gasteiger partial charge in [-0.15, -0.1) is 0 Å². The average Bonchev–Trinajstić information content (AvgIpc) is 3.10. The molecule has 0 spiro atoms. The third kappa shape index (κ3) is 4.73. The predicted molar refractivity (Wildman–Crippen MR) is 110 cm³/mol. The first-order chi connectivity index (χ1) is 14.2. The van der Waals surface area contributed by atoms with Gasteiger partial charge in [0.1, 0.15) is 12.4 Å². The molecule has 0 aliphatic carbocycles. The number of esters is 1. The van der Waals surface area contributed by atoms with Gasteiger partial charge in [0.2, 0.25) is 6.29 Å². The van der Waals surface area contributed by atoms with E-state index in [9.17, 15) is 9.90 Å². The van der Waals surface area contributed by atoms with Crippen LogP contribution in [0.2, 0.25) is 0 Å². The van der Waals surface area contributed by atoms with E-state index in [0.717, 1.165) is 22.3 Å². The SMILES string of the molecule is O=C1C=C(c2ccc(OCc3ccc(C#Cc4ccccc4)cc3)cc2)C(O)O1. The smallest absolute Gasteiger partial charge is 0.333 e. The molecule has 0 saturated heterocycles. The zero-order valence-corrected chi connectivity index (χ0v) is 15.5. The molecule has 1 atom stereocenters. The maximum absolute atomic E-state index is 11.2. The number of hydrogen-bond acceptors (Lipinski definition) is 4. The number of cyclic esters (lactones) is 1. The summed E-state index contributed by atoms with van der Waals surface area (Å²) in [4.78, 5) is 11.2. The highest BCUT2D eigenvalue weighted by Crippen LogP contribution is 2.26. The van der Waals surface area contributed by atoms with Gasteiger partial charge in [0.15, 0.2) is 0 Å². The first kappa shape index (κ1) is 18.5. The Balaban J connectivity index is 1.35. The average molecular weight is 382 g/mol. The molecule has 0 saturated carbocycles. The van der Waals surface area contributed by atoms with Crippen molar-refractivity contribution in [2.24, 2.45) is 0 Å². The van der Waals surface area contributed by atoms with E-state index >= 15 is 0 Å². The molecule has 0 aromatic heterocycles. The van der Waals surface area contributed by atoms with Crippen LogP contribution in [0, 0.1) is 11.8 Å². The number of hydrogen-bond donors (Lipinski definition) is 1. The van der Waals surface area contributed by atoms with Gasteiger partial charge in [0.05, 0.1) is 0 Å². The number of carbonyl (C=O) groups excluding carboxylic acids is 1. The molecule has 29 heavy (non-hydrogen) atoms. The molecule has 0 bridgehead atoms. The lowest BCUT2D eigenvalue weighted by molar-refractivity contribution is -0.149. The van der Waals surface area contributed by atoms with Crippen LogP contribution >= 0.6 is 0 Å². The largest absolute Gasteiger partial charge is 0.489 e. The molecule has 1 N–H and O–H groups in total. The van der Waals surface area contributed by atoms with Gasteiger partial charge in [0, 0.05) is 22.8 Å². The Hall–Kier alpha value is -3.81. The highest BCUT2D eigenvalue weighted by Gasteiger charge is 2.24. The summed E-state index contributed by atoms with van der Waals surface area (Å²) in [6.45, 7) is 0.429. The van der Waals surface area contributed by atoms with Crippen molar-refractivity contribution >= 4 is 11.5 Å². The van der Waals surface area contributed by atoms with Crippen molar-refractivity contribution in [3.63, 3.8) is 0 Å². The van der Waals surface area contributed by atoms with Gasteiger partial charge in [-0.05, 0) is 47.5 Å². The molecule has 1 heterocycles. The molecular formula is C25H18O4. The minimum Gasteiger partial charge on any atom is -0.489 e. The van der Waals surface area contributed by atoms with Crippen molar-refractivity contribution in [1.82, 2.24) is 0 Å². The van der Waals surface area contributed by atoms with E-state index in [2.05, 4.69) is 11.8 Å². The second kappa shape index (κ2) is 8.47. The number of ether oxygens (including phenoxy) is 2. The monoisotopic (exact) mass is 382 g/mol. The second-order valence-corrected chi connectivity index (χ2v) is 6.51. The molecule has 0 radical (unpaired) electrons. The number of aliphatic hydroxyl groups is 1. The van der Waals surface area contributed by atoms with E-state index in [1.807, 2.05) is 54.6 Å². The molecular weight excluding hydrogens is 364 g/mol. The van der Waals surface area contributed by atoms with Crippen molar-refractivity contribution in [3.8, 4) is 17.6 Å². The number of aliphatic hydroxyl groups excluding tert-OH is 1. The third-order valence-corrected chi connectivity index (χ3v) is 4.44. The maximum Gasteiger partial charge on any atom is 0.333 e. The topological polar surface area (TPSA) is 55.8 Å². The predicted octanol–water partition coefficient (Wildman–Crippen LogP) is 3.92. The summed E-state index contributed by atoms with van der Waals surface area (Å²) in [5.41, 5.74) is 4.14. The van der Waals surface area contributed by atoms with Crippen LogP contribution in [0.3, 0.4) is 0 Å². The number of carbonyl (C=O) groups is 1. The van der Waals surface area contributed by atoms with Gasteiger partial charge in [0.25, 0.3) is 0 Å². The van der Waals surface area contributed by atoms with Crippen molar-refractivity contribution in [3.05, 3.63) is 107 Å². The minimum atomic E-state index is -1.21. The minimum absolute atomic E-state index is 0.429. The van der Waals surface area contributed by atoms with Crippen LogP contribution in [-0.2, 0) is 16.1 Å². The molecule has 4 nitrogen and oxygen atoms in total. The van der Waals surface area contributed by atoms with E-state index in [0.29, 0.717) is 17.9 Å². The Kier molecular flexibility index (Phi) is 5.42. The van der Waals surface area contributed by atoms with Crippen molar-refractivity contribution in [2.45, 2.75) is 12.9 Å². The zero-order chi connectivity index (χ0) is 20.1. The van der Waals surface area contributed by atoms with Crippen LogP contribution in [0.1, 0.15) is 22.3 Å². The van der Waals surface area contributed by atoms with E-state index in [1.54, 1.807) is 24.3 Å². The summed E-state index contributed by atoms with van der Waals surface area (Å²) in [5, 5.41) is 9.71. The van der Waals surface area contributed by atoms with Gasteiger partial charge >= 0.3 is 5.97 Å². The summed E-state index contributed by atoms with van der Waals surface area (Å²) in [5.74, 6) is 6.45. The number of benzene rings is 3. The molecule has 0 fully saturated rings.